The van der Waals surface area contributed by atoms with Gasteiger partial charge in [0.05, 0.1) is 6.61 Å². The lowest BCUT2D eigenvalue weighted by Crippen LogP contribution is -2.30. The molecule has 0 radical (unpaired) electrons. The van der Waals surface area contributed by atoms with Crippen LogP contribution in [0.3, 0.4) is 0 Å². The van der Waals surface area contributed by atoms with Gasteiger partial charge in [-0.15, -0.1) is 0 Å². The van der Waals surface area contributed by atoms with Crippen LogP contribution in [0, 0.1) is 6.92 Å². The molecule has 0 saturated heterocycles. The minimum absolute atomic E-state index is 0.704. The van der Waals surface area contributed by atoms with Crippen LogP contribution >= 0.6 is 0 Å². The lowest BCUT2D eigenvalue weighted by atomic mass is 10.2. The summed E-state index contributed by atoms with van der Waals surface area (Å²) in [5.74, 6) is 1.04. The molecule has 1 rings (SSSR count). The Balaban J connectivity index is 2.70. The van der Waals surface area contributed by atoms with Crippen molar-refractivity contribution in [1.82, 2.24) is 4.98 Å². The van der Waals surface area contributed by atoms with E-state index in [1.54, 1.807) is 7.11 Å². The maximum absolute atomic E-state index is 5.54. The van der Waals surface area contributed by atoms with Gasteiger partial charge in [-0.2, -0.15) is 0 Å². The molecule has 90 valence electrons. The normalized spacial score (nSPS) is 10.4. The van der Waals surface area contributed by atoms with E-state index in [1.165, 1.54) is 5.56 Å². The van der Waals surface area contributed by atoms with Crippen molar-refractivity contribution < 1.29 is 4.74 Å². The number of aromatic nitrogens is 1. The third-order valence-electron chi connectivity index (χ3n) is 2.48. The quantitative estimate of drug-likeness (QED) is 0.754. The monoisotopic (exact) mass is 223 g/mol. The summed E-state index contributed by atoms with van der Waals surface area (Å²) in [7, 11) is 1.71. The maximum atomic E-state index is 5.54. The van der Waals surface area contributed by atoms with Crippen LogP contribution in [0.5, 0.6) is 0 Å². The second kappa shape index (κ2) is 7.19. The molecule has 0 aliphatic rings. The van der Waals surface area contributed by atoms with Crippen LogP contribution < -0.4 is 10.6 Å². The molecule has 0 bridgehead atoms. The molecule has 0 aromatic carbocycles. The highest BCUT2D eigenvalue weighted by atomic mass is 16.5. The van der Waals surface area contributed by atoms with Gasteiger partial charge in [0.25, 0.3) is 0 Å². The second-order valence-corrected chi connectivity index (χ2v) is 3.77. The van der Waals surface area contributed by atoms with E-state index in [-0.39, 0.29) is 0 Å². The summed E-state index contributed by atoms with van der Waals surface area (Å²) in [6.07, 6.45) is 2.80. The molecule has 2 N–H and O–H groups in total. The molecule has 0 aliphatic carbocycles. The number of nitrogens with zero attached hydrogens (tertiary/aromatic N) is 2. The Hall–Kier alpha value is -1.13. The number of hydrogen-bond acceptors (Lipinski definition) is 4. The first-order valence-corrected chi connectivity index (χ1v) is 5.65. The third-order valence-corrected chi connectivity index (χ3v) is 2.48. The van der Waals surface area contributed by atoms with Gasteiger partial charge >= 0.3 is 0 Å². The molecule has 1 aromatic rings. The van der Waals surface area contributed by atoms with Gasteiger partial charge in [0, 0.05) is 26.4 Å². The molecule has 16 heavy (non-hydrogen) atoms. The van der Waals surface area contributed by atoms with Crippen LogP contribution in [0.1, 0.15) is 12.0 Å². The number of ether oxygens (including phenoxy) is 1. The summed E-state index contributed by atoms with van der Waals surface area (Å²) in [5.41, 5.74) is 6.73. The van der Waals surface area contributed by atoms with E-state index < -0.39 is 0 Å². The molecule has 1 heterocycles. The highest BCUT2D eigenvalue weighted by Crippen LogP contribution is 2.15. The number of pyridine rings is 1. The van der Waals surface area contributed by atoms with E-state index in [2.05, 4.69) is 22.9 Å². The van der Waals surface area contributed by atoms with Crippen LogP contribution in [0.2, 0.25) is 0 Å². The highest BCUT2D eigenvalue weighted by molar-refractivity contribution is 5.45. The Morgan fingerprint density at radius 3 is 2.88 bits per heavy atom. The number of aryl methyl sites for hydroxylation is 1. The molecule has 1 aromatic heterocycles. The minimum Gasteiger partial charge on any atom is -0.383 e. The smallest absolute Gasteiger partial charge is 0.131 e. The first-order valence-electron chi connectivity index (χ1n) is 5.65. The summed E-state index contributed by atoms with van der Waals surface area (Å²) >= 11 is 0. The Kier molecular flexibility index (Phi) is 5.82. The van der Waals surface area contributed by atoms with Gasteiger partial charge in [-0.25, -0.2) is 4.98 Å². The van der Waals surface area contributed by atoms with E-state index >= 15 is 0 Å². The predicted octanol–water partition coefficient (Wildman–Crippen LogP) is 1.19. The fourth-order valence-electron chi connectivity index (χ4n) is 1.62. The second-order valence-electron chi connectivity index (χ2n) is 3.77. The van der Waals surface area contributed by atoms with E-state index in [4.69, 9.17) is 10.5 Å². The van der Waals surface area contributed by atoms with Crippen molar-refractivity contribution in [3.63, 3.8) is 0 Å². The van der Waals surface area contributed by atoms with Crippen molar-refractivity contribution >= 4 is 5.82 Å². The first-order chi connectivity index (χ1) is 7.79. The van der Waals surface area contributed by atoms with Gasteiger partial charge in [0.1, 0.15) is 5.82 Å². The Bertz CT molecular complexity index is 296. The van der Waals surface area contributed by atoms with Crippen molar-refractivity contribution in [3.05, 3.63) is 23.9 Å². The molecular formula is C12H21N3O. The average Bonchev–Trinajstić information content (AvgIpc) is 2.31. The Labute approximate surface area is 97.4 Å². The molecule has 0 amide bonds. The average molecular weight is 223 g/mol. The number of methoxy groups -OCH3 is 1. The minimum atomic E-state index is 0.704. The topological polar surface area (TPSA) is 51.4 Å². The van der Waals surface area contributed by atoms with Gasteiger partial charge < -0.3 is 15.4 Å². The molecule has 4 nitrogen and oxygen atoms in total. The van der Waals surface area contributed by atoms with Gasteiger partial charge in [-0.05, 0) is 31.5 Å². The number of hydrogen-bond donors (Lipinski definition) is 1. The van der Waals surface area contributed by atoms with Crippen molar-refractivity contribution in [2.45, 2.75) is 13.3 Å². The summed E-state index contributed by atoms with van der Waals surface area (Å²) in [6, 6.07) is 4.03. The largest absolute Gasteiger partial charge is 0.383 e. The van der Waals surface area contributed by atoms with Crippen LogP contribution in [-0.2, 0) is 4.74 Å². The maximum Gasteiger partial charge on any atom is 0.131 e. The molecule has 0 atom stereocenters. The zero-order chi connectivity index (χ0) is 11.8. The Morgan fingerprint density at radius 1 is 1.44 bits per heavy atom. The molecule has 0 spiro atoms. The summed E-state index contributed by atoms with van der Waals surface area (Å²) in [6.45, 7) is 5.27. The lowest BCUT2D eigenvalue weighted by Gasteiger charge is -2.24. The number of anilines is 1. The third kappa shape index (κ3) is 3.79. The van der Waals surface area contributed by atoms with Crippen LogP contribution in [0.15, 0.2) is 18.3 Å². The first kappa shape index (κ1) is 12.9. The zero-order valence-corrected chi connectivity index (χ0v) is 10.1. The van der Waals surface area contributed by atoms with E-state index in [0.717, 1.165) is 25.3 Å². The highest BCUT2D eigenvalue weighted by Gasteiger charge is 2.09. The van der Waals surface area contributed by atoms with Gasteiger partial charge in [-0.1, -0.05) is 6.07 Å². The van der Waals surface area contributed by atoms with Gasteiger partial charge in [0.15, 0.2) is 0 Å². The van der Waals surface area contributed by atoms with E-state index in [9.17, 15) is 0 Å². The van der Waals surface area contributed by atoms with Crippen molar-refractivity contribution in [2.24, 2.45) is 5.73 Å². The van der Waals surface area contributed by atoms with Crippen molar-refractivity contribution in [1.29, 1.82) is 0 Å². The summed E-state index contributed by atoms with van der Waals surface area (Å²) in [4.78, 5) is 6.64. The van der Waals surface area contributed by atoms with E-state index in [1.807, 2.05) is 12.3 Å². The van der Waals surface area contributed by atoms with Gasteiger partial charge in [0.2, 0.25) is 0 Å². The van der Waals surface area contributed by atoms with E-state index in [0.29, 0.717) is 13.2 Å². The Morgan fingerprint density at radius 2 is 2.25 bits per heavy atom. The lowest BCUT2D eigenvalue weighted by molar-refractivity contribution is 0.205. The number of rotatable bonds is 7. The molecule has 0 aliphatic heterocycles. The molecule has 4 heteroatoms. The molecule has 0 unspecified atom stereocenters. The van der Waals surface area contributed by atoms with Crippen LogP contribution in [0.4, 0.5) is 5.82 Å². The van der Waals surface area contributed by atoms with Crippen molar-refractivity contribution in [3.8, 4) is 0 Å². The fraction of sp³-hybridized carbons (Fsp3) is 0.583. The standard InChI is InChI=1S/C12H21N3O/c1-11-5-3-7-14-12(11)15(8-4-6-13)9-10-16-2/h3,5,7H,4,6,8-10,13H2,1-2H3. The summed E-state index contributed by atoms with van der Waals surface area (Å²) in [5, 5.41) is 0. The van der Waals surface area contributed by atoms with Gasteiger partial charge in [-0.3, -0.25) is 0 Å². The molecule has 0 saturated carbocycles. The zero-order valence-electron chi connectivity index (χ0n) is 10.1. The van der Waals surface area contributed by atoms with Crippen LogP contribution in [-0.4, -0.2) is 38.3 Å². The van der Waals surface area contributed by atoms with Crippen molar-refractivity contribution in [2.75, 3.05) is 38.3 Å². The number of nitrogens with two attached hydrogens (primary N) is 1. The summed E-state index contributed by atoms with van der Waals surface area (Å²) < 4.78 is 5.11. The molecular weight excluding hydrogens is 202 g/mol. The fourth-order valence-corrected chi connectivity index (χ4v) is 1.62. The van der Waals surface area contributed by atoms with Crippen LogP contribution in [0.25, 0.3) is 0 Å². The predicted molar refractivity (Wildman–Crippen MR) is 66.7 cm³/mol. The molecule has 0 fully saturated rings. The SMILES string of the molecule is COCCN(CCCN)c1ncccc1C.